The minimum absolute atomic E-state index is 0.532. The number of aryl methyl sites for hydroxylation is 1. The van der Waals surface area contributed by atoms with Crippen LogP contribution in [-0.4, -0.2) is 16.5 Å². The van der Waals surface area contributed by atoms with Crippen molar-refractivity contribution < 1.29 is 0 Å². The second-order valence-electron chi connectivity index (χ2n) is 4.93. The summed E-state index contributed by atoms with van der Waals surface area (Å²) in [6.07, 6.45) is 2.07. The van der Waals surface area contributed by atoms with E-state index in [0.717, 1.165) is 22.4 Å². The molecule has 3 N–H and O–H groups in total. The van der Waals surface area contributed by atoms with E-state index < -0.39 is 0 Å². The second-order valence-corrected chi connectivity index (χ2v) is 5.77. The molecule has 3 aromatic rings. The first-order valence-electron chi connectivity index (χ1n) is 6.75. The van der Waals surface area contributed by atoms with Gasteiger partial charge in [-0.05, 0) is 24.8 Å². The Kier molecular flexibility index (Phi) is 3.71. The van der Waals surface area contributed by atoms with Crippen LogP contribution in [0.4, 0.5) is 5.82 Å². The van der Waals surface area contributed by atoms with E-state index in [0.29, 0.717) is 5.82 Å². The number of nitrogens with zero attached hydrogens (tertiary/aromatic N) is 1. The molecule has 0 aliphatic heterocycles. The maximum atomic E-state index is 6.09. The van der Waals surface area contributed by atoms with Crippen LogP contribution in [0, 0.1) is 6.92 Å². The Morgan fingerprint density at radius 3 is 2.48 bits per heavy atom. The fourth-order valence-electron chi connectivity index (χ4n) is 2.41. The largest absolute Gasteiger partial charge is 0.382 e. The van der Waals surface area contributed by atoms with Gasteiger partial charge in [-0.25, -0.2) is 0 Å². The Morgan fingerprint density at radius 1 is 1.05 bits per heavy atom. The Bertz CT molecular complexity index is 760. The van der Waals surface area contributed by atoms with Crippen molar-refractivity contribution in [1.82, 2.24) is 10.2 Å². The molecule has 0 bridgehead atoms. The normalized spacial score (nSPS) is 10.8. The standard InChI is InChI=1S/C17H17N3S/c1-11-7-9-12(10-8-11)15-16(19-20-17(15)18)13-5-3-4-6-14(13)21-2/h3-10H,1-2H3,(H3,18,19,20). The Labute approximate surface area is 128 Å². The predicted octanol–water partition coefficient (Wildman–Crippen LogP) is 4.36. The monoisotopic (exact) mass is 295 g/mol. The molecular formula is C17H17N3S. The van der Waals surface area contributed by atoms with Gasteiger partial charge in [0.25, 0.3) is 0 Å². The topological polar surface area (TPSA) is 54.7 Å². The average Bonchev–Trinajstić information content (AvgIpc) is 2.90. The smallest absolute Gasteiger partial charge is 0.153 e. The molecule has 0 radical (unpaired) electrons. The number of thioether (sulfide) groups is 1. The molecule has 3 nitrogen and oxygen atoms in total. The predicted molar refractivity (Wildman–Crippen MR) is 90.4 cm³/mol. The number of rotatable bonds is 3. The van der Waals surface area contributed by atoms with E-state index in [9.17, 15) is 0 Å². The van der Waals surface area contributed by atoms with Crippen LogP contribution < -0.4 is 5.73 Å². The van der Waals surface area contributed by atoms with Gasteiger partial charge < -0.3 is 5.73 Å². The van der Waals surface area contributed by atoms with Gasteiger partial charge >= 0.3 is 0 Å². The molecule has 4 heteroatoms. The summed E-state index contributed by atoms with van der Waals surface area (Å²) in [5.41, 5.74) is 11.5. The van der Waals surface area contributed by atoms with E-state index in [1.165, 1.54) is 10.5 Å². The molecule has 106 valence electrons. The lowest BCUT2D eigenvalue weighted by Crippen LogP contribution is -1.89. The fraction of sp³-hybridized carbons (Fsp3) is 0.118. The van der Waals surface area contributed by atoms with Crippen LogP contribution in [0.1, 0.15) is 5.56 Å². The van der Waals surface area contributed by atoms with Crippen molar-refractivity contribution in [2.45, 2.75) is 11.8 Å². The van der Waals surface area contributed by atoms with Crippen molar-refractivity contribution in [2.24, 2.45) is 0 Å². The van der Waals surface area contributed by atoms with Crippen LogP contribution in [-0.2, 0) is 0 Å². The van der Waals surface area contributed by atoms with Gasteiger partial charge in [0.15, 0.2) is 5.82 Å². The third kappa shape index (κ3) is 2.54. The number of anilines is 1. The molecule has 0 aliphatic carbocycles. The Balaban J connectivity index is 2.19. The SMILES string of the molecule is CSc1ccccc1-c1[nH]nc(N)c1-c1ccc(C)cc1. The van der Waals surface area contributed by atoms with Crippen molar-refractivity contribution in [1.29, 1.82) is 0 Å². The van der Waals surface area contributed by atoms with Crippen molar-refractivity contribution in [2.75, 3.05) is 12.0 Å². The average molecular weight is 295 g/mol. The molecule has 0 spiro atoms. The third-order valence-corrected chi connectivity index (χ3v) is 4.31. The molecule has 0 amide bonds. The fourth-order valence-corrected chi connectivity index (χ4v) is 3.02. The quantitative estimate of drug-likeness (QED) is 0.706. The number of hydrogen-bond donors (Lipinski definition) is 2. The molecule has 0 unspecified atom stereocenters. The lowest BCUT2D eigenvalue weighted by molar-refractivity contribution is 1.10. The van der Waals surface area contributed by atoms with E-state index in [2.05, 4.69) is 59.8 Å². The number of nitrogen functional groups attached to an aromatic ring is 1. The first-order chi connectivity index (χ1) is 10.2. The number of aromatic amines is 1. The highest BCUT2D eigenvalue weighted by molar-refractivity contribution is 7.98. The minimum atomic E-state index is 0.532. The number of nitrogens with two attached hydrogens (primary N) is 1. The highest BCUT2D eigenvalue weighted by Crippen LogP contribution is 2.38. The van der Waals surface area contributed by atoms with Gasteiger partial charge in [0.05, 0.1) is 11.3 Å². The first-order valence-corrected chi connectivity index (χ1v) is 7.97. The van der Waals surface area contributed by atoms with Gasteiger partial charge in [0.2, 0.25) is 0 Å². The van der Waals surface area contributed by atoms with E-state index in [4.69, 9.17) is 5.73 Å². The summed E-state index contributed by atoms with van der Waals surface area (Å²) in [5.74, 6) is 0.532. The summed E-state index contributed by atoms with van der Waals surface area (Å²) in [6, 6.07) is 16.6. The Hall–Kier alpha value is -2.20. The second kappa shape index (κ2) is 5.66. The molecule has 2 aromatic carbocycles. The summed E-state index contributed by atoms with van der Waals surface area (Å²) in [6.45, 7) is 2.08. The Morgan fingerprint density at radius 2 is 1.76 bits per heavy atom. The van der Waals surface area contributed by atoms with Crippen LogP contribution >= 0.6 is 11.8 Å². The maximum Gasteiger partial charge on any atom is 0.153 e. The number of benzene rings is 2. The maximum absolute atomic E-state index is 6.09. The van der Waals surface area contributed by atoms with Gasteiger partial charge in [-0.1, -0.05) is 48.0 Å². The van der Waals surface area contributed by atoms with Crippen molar-refractivity contribution in [3.63, 3.8) is 0 Å². The van der Waals surface area contributed by atoms with Gasteiger partial charge in [-0.15, -0.1) is 11.8 Å². The molecule has 0 saturated carbocycles. The summed E-state index contributed by atoms with van der Waals surface area (Å²) in [7, 11) is 0. The van der Waals surface area contributed by atoms with Crippen molar-refractivity contribution in [3.05, 3.63) is 54.1 Å². The molecule has 3 rings (SSSR count). The highest BCUT2D eigenvalue weighted by atomic mass is 32.2. The van der Waals surface area contributed by atoms with Gasteiger partial charge in [0.1, 0.15) is 0 Å². The molecule has 21 heavy (non-hydrogen) atoms. The molecule has 0 atom stereocenters. The van der Waals surface area contributed by atoms with Gasteiger partial charge in [-0.2, -0.15) is 5.10 Å². The zero-order chi connectivity index (χ0) is 14.8. The first kappa shape index (κ1) is 13.8. The summed E-state index contributed by atoms with van der Waals surface area (Å²) in [5, 5.41) is 7.30. The summed E-state index contributed by atoms with van der Waals surface area (Å²) in [4.78, 5) is 1.20. The number of H-pyrrole nitrogens is 1. The molecule has 1 heterocycles. The summed E-state index contributed by atoms with van der Waals surface area (Å²) >= 11 is 1.72. The zero-order valence-electron chi connectivity index (χ0n) is 12.1. The van der Waals surface area contributed by atoms with E-state index in [1.54, 1.807) is 11.8 Å². The van der Waals surface area contributed by atoms with Gasteiger partial charge in [0, 0.05) is 10.5 Å². The van der Waals surface area contributed by atoms with Crippen LogP contribution in [0.15, 0.2) is 53.4 Å². The molecule has 0 aliphatic rings. The number of aromatic nitrogens is 2. The number of hydrogen-bond acceptors (Lipinski definition) is 3. The van der Waals surface area contributed by atoms with E-state index >= 15 is 0 Å². The minimum Gasteiger partial charge on any atom is -0.382 e. The third-order valence-electron chi connectivity index (χ3n) is 3.51. The highest BCUT2D eigenvalue weighted by Gasteiger charge is 2.16. The summed E-state index contributed by atoms with van der Waals surface area (Å²) < 4.78 is 0. The molecular weight excluding hydrogens is 278 g/mol. The molecule has 0 saturated heterocycles. The lowest BCUT2D eigenvalue weighted by Gasteiger charge is -2.09. The van der Waals surface area contributed by atoms with E-state index in [1.807, 2.05) is 12.1 Å². The molecule has 1 aromatic heterocycles. The van der Waals surface area contributed by atoms with Crippen LogP contribution in [0.3, 0.4) is 0 Å². The van der Waals surface area contributed by atoms with Crippen LogP contribution in [0.25, 0.3) is 22.4 Å². The number of nitrogens with one attached hydrogen (secondary N) is 1. The van der Waals surface area contributed by atoms with Crippen molar-refractivity contribution in [3.8, 4) is 22.4 Å². The van der Waals surface area contributed by atoms with Crippen LogP contribution in [0.2, 0.25) is 0 Å². The zero-order valence-corrected chi connectivity index (χ0v) is 12.9. The molecule has 0 fully saturated rings. The van der Waals surface area contributed by atoms with Crippen molar-refractivity contribution >= 4 is 17.6 Å². The van der Waals surface area contributed by atoms with Gasteiger partial charge in [-0.3, -0.25) is 5.10 Å². The van der Waals surface area contributed by atoms with Crippen LogP contribution in [0.5, 0.6) is 0 Å². The van der Waals surface area contributed by atoms with E-state index in [-0.39, 0.29) is 0 Å². The lowest BCUT2D eigenvalue weighted by atomic mass is 10.00.